The van der Waals surface area contributed by atoms with Gasteiger partial charge in [-0.25, -0.2) is 9.83 Å². The molecule has 4 amide bonds. The molecule has 3 heterocycles. The van der Waals surface area contributed by atoms with Gasteiger partial charge in [0.1, 0.15) is 24.1 Å². The molecule has 408 valence electrons. The fourth-order valence-electron chi connectivity index (χ4n) is 8.29. The summed E-state index contributed by atoms with van der Waals surface area (Å²) < 4.78 is 39.4. The third-order valence-electron chi connectivity index (χ3n) is 12.4. The Labute approximate surface area is 453 Å². The summed E-state index contributed by atoms with van der Waals surface area (Å²) in [6.45, 7) is 21.5. The van der Waals surface area contributed by atoms with Crippen molar-refractivity contribution < 1.29 is 62.2 Å². The number of hydrogen-bond donors (Lipinski definition) is 2. The predicted molar refractivity (Wildman–Crippen MR) is 289 cm³/mol. The zero-order chi connectivity index (χ0) is 54.6. The number of β-amino-alcohol motifs (C(OH)–C–C–N with tert-alkyl or cyclic N) is 1. The molecule has 2 fully saturated rings. The van der Waals surface area contributed by atoms with Crippen molar-refractivity contribution in [3.8, 4) is 21.9 Å². The molecule has 0 unspecified atom stereocenters. The van der Waals surface area contributed by atoms with Gasteiger partial charge in [0, 0.05) is 19.4 Å². The maximum absolute atomic E-state index is 13.9. The van der Waals surface area contributed by atoms with Gasteiger partial charge in [-0.15, -0.1) is 11.3 Å². The minimum absolute atomic E-state index is 0.0123. The molecule has 2 N–H and O–H groups in total. The minimum atomic E-state index is -0.950. The summed E-state index contributed by atoms with van der Waals surface area (Å²) in [7, 11) is 0. The Hall–Kier alpha value is -5.86. The third-order valence-corrected chi connectivity index (χ3v) is 14.3. The zero-order valence-corrected chi connectivity index (χ0v) is 45.8. The number of aliphatic hydroxyl groups is 1. The van der Waals surface area contributed by atoms with Crippen molar-refractivity contribution in [2.75, 3.05) is 92.4 Å². The van der Waals surface area contributed by atoms with Gasteiger partial charge < -0.3 is 48.5 Å². The first-order valence-corrected chi connectivity index (χ1v) is 27.0. The number of carbonyl (C=O) groups is 5. The minimum Gasteiger partial charge on any atom is -0.457 e. The molecule has 2 saturated heterocycles. The summed E-state index contributed by atoms with van der Waals surface area (Å²) in [5.74, 6) is -0.102. The molecule has 2 aliphatic rings. The Morgan fingerprint density at radius 1 is 0.829 bits per heavy atom. The van der Waals surface area contributed by atoms with Gasteiger partial charge in [0.25, 0.3) is 11.1 Å². The Kier molecular flexibility index (Phi) is 23.1. The van der Waals surface area contributed by atoms with E-state index in [1.165, 1.54) is 9.80 Å². The number of aryl methyl sites for hydroxylation is 4. The third kappa shape index (κ3) is 17.9. The van der Waals surface area contributed by atoms with Crippen LogP contribution in [0.1, 0.15) is 61.6 Å². The van der Waals surface area contributed by atoms with Gasteiger partial charge in [-0.1, -0.05) is 57.2 Å². The number of thiazole rings is 1. The number of nitrogens with one attached hydrogen (secondary N) is 1. The van der Waals surface area contributed by atoms with E-state index in [9.17, 15) is 29.1 Å². The van der Waals surface area contributed by atoms with E-state index in [-0.39, 0.29) is 75.9 Å². The molecule has 20 heteroatoms. The summed E-state index contributed by atoms with van der Waals surface area (Å²) in [4.78, 5) is 77.9. The van der Waals surface area contributed by atoms with E-state index in [1.807, 2.05) is 89.5 Å². The number of Topliss-reactive ketones (excluding diaryl/α,β-unsaturated/α-hetero) is 1. The van der Waals surface area contributed by atoms with Gasteiger partial charge in [-0.05, 0) is 103 Å². The number of carbonyl (C=O) groups excluding carboxylic acids is 5. The highest BCUT2D eigenvalue weighted by atomic mass is 32.2. The van der Waals surface area contributed by atoms with Crippen molar-refractivity contribution in [2.45, 2.75) is 79.0 Å². The van der Waals surface area contributed by atoms with Crippen LogP contribution in [0, 0.1) is 32.8 Å². The molecule has 1 aromatic heterocycles. The summed E-state index contributed by atoms with van der Waals surface area (Å²) in [5, 5.41) is 13.0. The normalized spacial score (nSPS) is 16.6. The van der Waals surface area contributed by atoms with E-state index in [1.54, 1.807) is 35.6 Å². The predicted octanol–water partition coefficient (Wildman–Crippen LogP) is 7.91. The summed E-state index contributed by atoms with van der Waals surface area (Å²) >= 11 is 2.47. The Morgan fingerprint density at radius 2 is 1.42 bits per heavy atom. The number of ketones is 1. The maximum Gasteiger partial charge on any atom is 0.293 e. The molecule has 0 spiro atoms. The molecule has 0 saturated carbocycles. The molecule has 18 nitrogen and oxygen atoms in total. The monoisotopic (exact) mass is 1080 g/mol. The number of thioether (sulfide) groups is 1. The fourth-order valence-corrected chi connectivity index (χ4v) is 9.97. The van der Waals surface area contributed by atoms with Crippen molar-refractivity contribution in [1.82, 2.24) is 20.1 Å². The maximum atomic E-state index is 13.9. The Balaban J connectivity index is 0.750. The lowest BCUT2D eigenvalue weighted by molar-refractivity contribution is -0.144. The van der Waals surface area contributed by atoms with E-state index in [2.05, 4.69) is 15.1 Å². The highest BCUT2D eigenvalue weighted by molar-refractivity contribution is 8.18. The second-order valence-electron chi connectivity index (χ2n) is 19.3. The summed E-state index contributed by atoms with van der Waals surface area (Å²) in [6.07, 6.45) is 1.71. The lowest BCUT2D eigenvalue weighted by atomic mass is 9.85. The van der Waals surface area contributed by atoms with Crippen molar-refractivity contribution >= 4 is 63.6 Å². The zero-order valence-electron chi connectivity index (χ0n) is 44.1. The second-order valence-corrected chi connectivity index (χ2v) is 21.2. The molecule has 2 aliphatic heterocycles. The van der Waals surface area contributed by atoms with E-state index < -0.39 is 35.4 Å². The molecule has 3 atom stereocenters. The van der Waals surface area contributed by atoms with Crippen LogP contribution in [-0.4, -0.2) is 159 Å². The number of aromatic nitrogens is 1. The molecule has 0 radical (unpaired) electrons. The van der Waals surface area contributed by atoms with Crippen LogP contribution >= 0.6 is 23.1 Å². The molecule has 0 bridgehead atoms. The first-order valence-electron chi connectivity index (χ1n) is 25.3. The Bertz CT molecular complexity index is 2680. The van der Waals surface area contributed by atoms with Gasteiger partial charge in [0.15, 0.2) is 11.5 Å². The first kappa shape index (κ1) is 59.4. The van der Waals surface area contributed by atoms with E-state index in [4.69, 9.17) is 39.7 Å². The first-order chi connectivity index (χ1) is 36.5. The summed E-state index contributed by atoms with van der Waals surface area (Å²) in [5.41, 5.74) is 7.17. The van der Waals surface area contributed by atoms with Gasteiger partial charge in [0.2, 0.25) is 11.8 Å². The number of rotatable bonds is 30. The molecule has 4 aromatic rings. The molecule has 3 aromatic carbocycles. The fraction of sp³-hybridized carbons (Fsp3) is 0.482. The molecule has 76 heavy (non-hydrogen) atoms. The van der Waals surface area contributed by atoms with E-state index >= 15 is 0 Å². The van der Waals surface area contributed by atoms with Crippen molar-refractivity contribution in [3.05, 3.63) is 110 Å². The van der Waals surface area contributed by atoms with Crippen LogP contribution in [0.2, 0.25) is 0 Å². The standard InChI is InChI=1S/C56H69N5O13S2/c1-37-30-41(11-16-47(37)74-48-17-14-43(57-7)31-38(48)2)32-49-53(65)60(55(67)76-49)18-19-68-20-21-69-22-23-70-24-25-71-26-27-72-28-29-73-35-50(64)59-52(56(4,5)6)54(66)61-34-44(62)33-45(61)46(63)15-10-40-8-12-42(13-9-40)51-39(3)58-36-75-51/h8-9,11-14,16-17,30-32,36,44-45,52,62H,10,15,18-29,33-35H2,1-6H3,(H,59,64)/b49-32-/t44-,45+,52-/m1/s1. The van der Waals surface area contributed by atoms with Crippen LogP contribution in [0.15, 0.2) is 71.1 Å². The average Bonchev–Trinajstić information content (AvgIpc) is 4.09. The van der Waals surface area contributed by atoms with Crippen LogP contribution in [0.4, 0.5) is 10.5 Å². The summed E-state index contributed by atoms with van der Waals surface area (Å²) in [6, 6.07) is 17.1. The highest BCUT2D eigenvalue weighted by Crippen LogP contribution is 2.35. The molecule has 0 aliphatic carbocycles. The van der Waals surface area contributed by atoms with Gasteiger partial charge in [0.05, 0.1) is 119 Å². The van der Waals surface area contributed by atoms with Crippen LogP contribution in [-0.2, 0) is 54.0 Å². The van der Waals surface area contributed by atoms with Gasteiger partial charge in [-0.3, -0.25) is 28.9 Å². The van der Waals surface area contributed by atoms with Crippen molar-refractivity contribution in [1.29, 1.82) is 0 Å². The smallest absolute Gasteiger partial charge is 0.293 e. The van der Waals surface area contributed by atoms with Gasteiger partial charge >= 0.3 is 0 Å². The number of amides is 4. The number of aliphatic hydroxyl groups excluding tert-OH is 1. The lowest BCUT2D eigenvalue weighted by Crippen LogP contribution is -2.57. The van der Waals surface area contributed by atoms with Crippen molar-refractivity contribution in [3.63, 3.8) is 0 Å². The number of benzene rings is 3. The lowest BCUT2D eigenvalue weighted by Gasteiger charge is -2.35. The number of likely N-dealkylation sites (tertiary alicyclic amines) is 1. The number of ether oxygens (including phenoxy) is 7. The van der Waals surface area contributed by atoms with Crippen molar-refractivity contribution in [2.24, 2.45) is 5.41 Å². The van der Waals surface area contributed by atoms with Crippen LogP contribution in [0.25, 0.3) is 21.4 Å². The van der Waals surface area contributed by atoms with E-state index in [0.29, 0.717) is 74.8 Å². The second kappa shape index (κ2) is 29.6. The average molecular weight is 1080 g/mol. The van der Waals surface area contributed by atoms with Crippen LogP contribution in [0.5, 0.6) is 11.5 Å². The Morgan fingerprint density at radius 3 is 1.99 bits per heavy atom. The molecular formula is C56H69N5O13S2. The molecule has 6 rings (SSSR count). The molecular weight excluding hydrogens is 1010 g/mol. The number of nitrogens with zero attached hydrogens (tertiary/aromatic N) is 4. The van der Waals surface area contributed by atoms with Crippen LogP contribution in [0.3, 0.4) is 0 Å². The number of hydrogen-bond acceptors (Lipinski definition) is 16. The largest absolute Gasteiger partial charge is 0.457 e. The quantitative estimate of drug-likeness (QED) is 0.0289. The van der Waals surface area contributed by atoms with E-state index in [0.717, 1.165) is 50.2 Å². The van der Waals surface area contributed by atoms with Gasteiger partial charge in [-0.2, -0.15) is 0 Å². The number of imide groups is 1. The SMILES string of the molecule is [C-]#[N+]c1ccc(Oc2ccc(/C=C3\SC(=O)N(CCOCCOCCOCCOCCOCCOCC(=O)N[C@H](C(=O)N4C[C@H](O)C[C@H]4C(=O)CCc4ccc(-c5scnc5C)cc4)C(C)(C)C)C3=O)cc2C)c(C)c1. The topological polar surface area (TPSA) is 206 Å². The highest BCUT2D eigenvalue weighted by Gasteiger charge is 2.44. The van der Waals surface area contributed by atoms with Crippen LogP contribution < -0.4 is 10.1 Å².